The molecule has 2 N–H and O–H groups in total. The van der Waals surface area contributed by atoms with Gasteiger partial charge < -0.3 is 15.4 Å². The number of hydrogen-bond donors (Lipinski definition) is 2. The van der Waals surface area contributed by atoms with Crippen LogP contribution in [0.3, 0.4) is 0 Å². The van der Waals surface area contributed by atoms with Crippen molar-refractivity contribution in [2.24, 2.45) is 0 Å². The van der Waals surface area contributed by atoms with Crippen molar-refractivity contribution in [3.05, 3.63) is 29.6 Å². The number of carbonyl (C=O) groups excluding carboxylic acids is 1. The van der Waals surface area contributed by atoms with Gasteiger partial charge in [0.15, 0.2) is 11.6 Å². The van der Waals surface area contributed by atoms with Crippen LogP contribution in [0.2, 0.25) is 0 Å². The summed E-state index contributed by atoms with van der Waals surface area (Å²) >= 11 is 0. The summed E-state index contributed by atoms with van der Waals surface area (Å²) in [6.45, 7) is 1.60. The Bertz CT molecular complexity index is 482. The number of anilines is 1. The van der Waals surface area contributed by atoms with Gasteiger partial charge in [0, 0.05) is 31.1 Å². The summed E-state index contributed by atoms with van der Waals surface area (Å²) in [7, 11) is 0. The molecule has 1 fully saturated rings. The zero-order valence-electron chi connectivity index (χ0n) is 10.4. The van der Waals surface area contributed by atoms with Crippen LogP contribution in [0, 0.1) is 17.5 Å². The van der Waals surface area contributed by atoms with E-state index >= 15 is 0 Å². The minimum Gasteiger partial charge on any atom is -0.378 e. The predicted octanol–water partition coefficient (Wildman–Crippen LogP) is 1.84. The van der Waals surface area contributed by atoms with Crippen molar-refractivity contribution < 1.29 is 22.7 Å². The lowest BCUT2D eigenvalue weighted by Crippen LogP contribution is -2.43. The monoisotopic (exact) mass is 310 g/mol. The van der Waals surface area contributed by atoms with E-state index in [0.29, 0.717) is 31.9 Å². The Kier molecular flexibility index (Phi) is 6.25. The highest BCUT2D eigenvalue weighted by atomic mass is 35.5. The molecule has 0 aromatic heterocycles. The van der Waals surface area contributed by atoms with Gasteiger partial charge in [0.25, 0.3) is 0 Å². The summed E-state index contributed by atoms with van der Waals surface area (Å²) in [6, 6.07) is 0.849. The van der Waals surface area contributed by atoms with E-state index in [0.717, 1.165) is 0 Å². The van der Waals surface area contributed by atoms with E-state index in [1.54, 1.807) is 0 Å². The van der Waals surface area contributed by atoms with Gasteiger partial charge >= 0.3 is 0 Å². The Balaban J connectivity index is 0.00000200. The molecular weight excluding hydrogens is 297 g/mol. The molecule has 1 amide bonds. The van der Waals surface area contributed by atoms with Gasteiger partial charge in [0.2, 0.25) is 5.91 Å². The third kappa shape index (κ3) is 4.36. The number of carbonyl (C=O) groups is 1. The van der Waals surface area contributed by atoms with Gasteiger partial charge in [-0.25, -0.2) is 13.2 Å². The molecule has 0 bridgehead atoms. The third-order valence-corrected chi connectivity index (χ3v) is 2.71. The molecule has 1 atom stereocenters. The van der Waals surface area contributed by atoms with Gasteiger partial charge in [-0.05, 0) is 0 Å². The zero-order valence-corrected chi connectivity index (χ0v) is 11.2. The van der Waals surface area contributed by atoms with Crippen LogP contribution in [0.15, 0.2) is 12.1 Å². The smallest absolute Gasteiger partial charge is 0.226 e. The van der Waals surface area contributed by atoms with Gasteiger partial charge in [0.1, 0.15) is 5.82 Å². The van der Waals surface area contributed by atoms with Crippen molar-refractivity contribution >= 4 is 24.0 Å². The van der Waals surface area contributed by atoms with Crippen LogP contribution < -0.4 is 10.6 Å². The first-order chi connectivity index (χ1) is 9.06. The van der Waals surface area contributed by atoms with E-state index < -0.39 is 23.4 Å². The molecule has 4 nitrogen and oxygen atoms in total. The average molecular weight is 311 g/mol. The van der Waals surface area contributed by atoms with Crippen LogP contribution >= 0.6 is 12.4 Å². The molecule has 20 heavy (non-hydrogen) atoms. The van der Waals surface area contributed by atoms with Crippen molar-refractivity contribution in [2.75, 3.05) is 25.1 Å². The summed E-state index contributed by atoms with van der Waals surface area (Å²) < 4.78 is 44.1. The number of nitrogens with one attached hydrogen (secondary N) is 2. The lowest BCUT2D eigenvalue weighted by Gasteiger charge is -2.23. The number of amides is 1. The Hall–Kier alpha value is -1.31. The molecule has 0 saturated carbocycles. The number of hydrogen-bond acceptors (Lipinski definition) is 3. The quantitative estimate of drug-likeness (QED) is 0.838. The number of ether oxygens (including phenoxy) is 1. The molecule has 1 aromatic carbocycles. The maximum atomic E-state index is 13.3. The van der Waals surface area contributed by atoms with Crippen molar-refractivity contribution in [2.45, 2.75) is 12.5 Å². The molecule has 0 aliphatic carbocycles. The molecule has 1 heterocycles. The van der Waals surface area contributed by atoms with Crippen molar-refractivity contribution in [3.8, 4) is 0 Å². The predicted molar refractivity (Wildman–Crippen MR) is 69.4 cm³/mol. The summed E-state index contributed by atoms with van der Waals surface area (Å²) in [5.41, 5.74) is -0.374. The normalized spacial score (nSPS) is 18.2. The SMILES string of the molecule is Cl.O=C(CC1COCCN1)Nc1cc(F)c(F)cc1F. The van der Waals surface area contributed by atoms with E-state index in [2.05, 4.69) is 10.6 Å². The molecule has 1 aromatic rings. The fourth-order valence-corrected chi connectivity index (χ4v) is 1.79. The molecule has 1 saturated heterocycles. The van der Waals surface area contributed by atoms with E-state index in [4.69, 9.17) is 4.74 Å². The third-order valence-electron chi connectivity index (χ3n) is 2.71. The fraction of sp³-hybridized carbons (Fsp3) is 0.417. The van der Waals surface area contributed by atoms with Gasteiger partial charge in [-0.1, -0.05) is 0 Å². The molecule has 1 aliphatic heterocycles. The second kappa shape index (κ2) is 7.47. The van der Waals surface area contributed by atoms with Crippen LogP contribution in [0.25, 0.3) is 0 Å². The minimum atomic E-state index is -1.29. The average Bonchev–Trinajstić information content (AvgIpc) is 2.37. The molecule has 2 rings (SSSR count). The summed E-state index contributed by atoms with van der Waals surface area (Å²) in [5, 5.41) is 5.27. The van der Waals surface area contributed by atoms with Gasteiger partial charge in [-0.2, -0.15) is 0 Å². The van der Waals surface area contributed by atoms with Crippen LogP contribution in [0.1, 0.15) is 6.42 Å². The lowest BCUT2D eigenvalue weighted by atomic mass is 10.2. The Labute approximate surface area is 120 Å². The first-order valence-corrected chi connectivity index (χ1v) is 5.82. The minimum absolute atomic E-state index is 0. The van der Waals surface area contributed by atoms with E-state index in [9.17, 15) is 18.0 Å². The van der Waals surface area contributed by atoms with E-state index in [1.807, 2.05) is 0 Å². The maximum absolute atomic E-state index is 13.3. The van der Waals surface area contributed by atoms with Crippen LogP contribution in [0.5, 0.6) is 0 Å². The standard InChI is InChI=1S/C12H13F3N2O2.ClH/c13-8-4-10(15)11(5-9(8)14)17-12(18)3-7-6-19-2-1-16-7;/h4-5,7,16H,1-3,6H2,(H,17,18);1H. The summed E-state index contributed by atoms with van der Waals surface area (Å²) in [4.78, 5) is 11.6. The fourth-order valence-electron chi connectivity index (χ4n) is 1.79. The topological polar surface area (TPSA) is 50.4 Å². The second-order valence-corrected chi connectivity index (χ2v) is 4.22. The lowest BCUT2D eigenvalue weighted by molar-refractivity contribution is -0.117. The molecular formula is C12H14ClF3N2O2. The van der Waals surface area contributed by atoms with Crippen molar-refractivity contribution in [1.82, 2.24) is 5.32 Å². The molecule has 0 radical (unpaired) electrons. The first-order valence-electron chi connectivity index (χ1n) is 5.82. The molecule has 112 valence electrons. The first kappa shape index (κ1) is 16.7. The largest absolute Gasteiger partial charge is 0.378 e. The Morgan fingerprint density at radius 2 is 2.00 bits per heavy atom. The van der Waals surface area contributed by atoms with Crippen LogP contribution in [0.4, 0.5) is 18.9 Å². The van der Waals surface area contributed by atoms with Gasteiger partial charge in [-0.15, -0.1) is 12.4 Å². The van der Waals surface area contributed by atoms with Crippen LogP contribution in [-0.2, 0) is 9.53 Å². The molecule has 1 aliphatic rings. The maximum Gasteiger partial charge on any atom is 0.226 e. The molecule has 8 heteroatoms. The number of halogens is 4. The highest BCUT2D eigenvalue weighted by Crippen LogP contribution is 2.18. The number of morpholine rings is 1. The zero-order chi connectivity index (χ0) is 13.8. The summed E-state index contributed by atoms with van der Waals surface area (Å²) in [5.74, 6) is -4.01. The van der Waals surface area contributed by atoms with E-state index in [-0.39, 0.29) is 30.6 Å². The Morgan fingerprint density at radius 1 is 1.30 bits per heavy atom. The molecule has 0 spiro atoms. The number of benzene rings is 1. The van der Waals surface area contributed by atoms with Gasteiger partial charge in [-0.3, -0.25) is 4.79 Å². The van der Waals surface area contributed by atoms with Crippen LogP contribution in [-0.4, -0.2) is 31.7 Å². The highest BCUT2D eigenvalue weighted by molar-refractivity contribution is 5.91. The van der Waals surface area contributed by atoms with Gasteiger partial charge in [0.05, 0.1) is 18.9 Å². The highest BCUT2D eigenvalue weighted by Gasteiger charge is 2.18. The number of rotatable bonds is 3. The Morgan fingerprint density at radius 3 is 2.65 bits per heavy atom. The van der Waals surface area contributed by atoms with Crippen molar-refractivity contribution in [1.29, 1.82) is 0 Å². The molecule has 1 unspecified atom stereocenters. The summed E-state index contributed by atoms with van der Waals surface area (Å²) in [6.07, 6.45) is 0.0679. The van der Waals surface area contributed by atoms with Crippen molar-refractivity contribution in [3.63, 3.8) is 0 Å². The van der Waals surface area contributed by atoms with E-state index in [1.165, 1.54) is 0 Å². The second-order valence-electron chi connectivity index (χ2n) is 4.22.